The fourth-order valence-corrected chi connectivity index (χ4v) is 5.58. The predicted octanol–water partition coefficient (Wildman–Crippen LogP) is 2.95. The Hall–Kier alpha value is -3.50. The summed E-state index contributed by atoms with van der Waals surface area (Å²) in [5, 5.41) is 7.55. The molecule has 0 radical (unpaired) electrons. The predicted molar refractivity (Wildman–Crippen MR) is 146 cm³/mol. The van der Waals surface area contributed by atoms with Gasteiger partial charge in [-0.25, -0.2) is 0 Å². The van der Waals surface area contributed by atoms with Crippen LogP contribution in [-0.4, -0.2) is 80.2 Å². The highest BCUT2D eigenvalue weighted by Gasteiger charge is 2.36. The lowest BCUT2D eigenvalue weighted by molar-refractivity contribution is -0.122. The smallest absolute Gasteiger partial charge is 0.240 e. The third-order valence-electron chi connectivity index (χ3n) is 6.19. The molecule has 0 fully saturated rings. The van der Waals surface area contributed by atoms with Crippen LogP contribution in [0.1, 0.15) is 16.4 Å². The van der Waals surface area contributed by atoms with Crippen molar-refractivity contribution in [2.75, 3.05) is 58.6 Å². The summed E-state index contributed by atoms with van der Waals surface area (Å²) in [6, 6.07) is 15.7. The largest absolute Gasteiger partial charge is 0.493 e. The summed E-state index contributed by atoms with van der Waals surface area (Å²) in [4.78, 5) is 29.8. The van der Waals surface area contributed by atoms with Gasteiger partial charge in [0.05, 0.1) is 30.9 Å². The fraction of sp³-hybridized carbons (Fsp3) is 0.370. The van der Waals surface area contributed by atoms with Crippen LogP contribution in [0, 0.1) is 0 Å². The van der Waals surface area contributed by atoms with E-state index in [0.717, 1.165) is 22.4 Å². The quantitative estimate of drug-likeness (QED) is 0.461. The minimum Gasteiger partial charge on any atom is -0.493 e. The molecule has 0 spiro atoms. The van der Waals surface area contributed by atoms with Gasteiger partial charge in [0.1, 0.15) is 12.4 Å². The summed E-state index contributed by atoms with van der Waals surface area (Å²) in [6.45, 7) is 1.14. The molecule has 37 heavy (non-hydrogen) atoms. The molecule has 2 heterocycles. The molecule has 0 bridgehead atoms. The number of likely N-dealkylation sites (N-methyl/N-ethyl adjacent to an activating group) is 1. The lowest BCUT2D eigenvalue weighted by atomic mass is 9.99. The number of methoxy groups -OCH3 is 2. The summed E-state index contributed by atoms with van der Waals surface area (Å²) in [5.74, 6) is 1.73. The van der Waals surface area contributed by atoms with Gasteiger partial charge in [-0.2, -0.15) is 5.10 Å². The Morgan fingerprint density at radius 2 is 1.86 bits per heavy atom. The third kappa shape index (κ3) is 5.75. The fourth-order valence-electron chi connectivity index (χ4n) is 4.40. The first-order valence-electron chi connectivity index (χ1n) is 12.0. The number of amides is 2. The Balaban J connectivity index is 1.81. The number of fused-ring (bicyclic) bond motifs is 1. The van der Waals surface area contributed by atoms with Crippen molar-refractivity contribution in [1.82, 2.24) is 20.0 Å². The number of ether oxygens (including phenoxy) is 2. The van der Waals surface area contributed by atoms with Crippen molar-refractivity contribution in [2.24, 2.45) is 7.05 Å². The molecule has 1 unspecified atom stereocenters. The Morgan fingerprint density at radius 3 is 2.54 bits per heavy atom. The highest BCUT2D eigenvalue weighted by Crippen LogP contribution is 2.48. The van der Waals surface area contributed by atoms with E-state index in [9.17, 15) is 9.59 Å². The molecule has 0 aliphatic carbocycles. The number of nitrogens with zero attached hydrogens (tertiary/aromatic N) is 4. The molecule has 1 aliphatic rings. The summed E-state index contributed by atoms with van der Waals surface area (Å²) in [6.07, 6.45) is 0. The highest BCUT2D eigenvalue weighted by molar-refractivity contribution is 8.00. The lowest BCUT2D eigenvalue weighted by Gasteiger charge is -2.22. The van der Waals surface area contributed by atoms with Crippen molar-refractivity contribution in [1.29, 1.82) is 0 Å². The number of nitrogens with one attached hydrogen (secondary N) is 1. The molecular weight excluding hydrogens is 490 g/mol. The van der Waals surface area contributed by atoms with Gasteiger partial charge in [0.25, 0.3) is 0 Å². The van der Waals surface area contributed by atoms with Crippen molar-refractivity contribution in [3.63, 3.8) is 0 Å². The maximum absolute atomic E-state index is 13.4. The van der Waals surface area contributed by atoms with E-state index in [1.54, 1.807) is 23.8 Å². The van der Waals surface area contributed by atoms with Crippen LogP contribution in [-0.2, 0) is 16.6 Å². The number of carbonyl (C=O) groups is 2. The number of rotatable bonds is 9. The van der Waals surface area contributed by atoms with Gasteiger partial charge in [-0.05, 0) is 31.8 Å². The summed E-state index contributed by atoms with van der Waals surface area (Å²) in [7, 11) is 8.92. The van der Waals surface area contributed by atoms with Crippen molar-refractivity contribution >= 4 is 29.4 Å². The van der Waals surface area contributed by atoms with Crippen LogP contribution in [0.25, 0.3) is 11.3 Å². The van der Waals surface area contributed by atoms with Gasteiger partial charge >= 0.3 is 0 Å². The van der Waals surface area contributed by atoms with Gasteiger partial charge in [-0.15, -0.1) is 11.8 Å². The number of anilines is 1. The lowest BCUT2D eigenvalue weighted by Crippen LogP contribution is -2.43. The van der Waals surface area contributed by atoms with Crippen LogP contribution in [0.15, 0.2) is 48.5 Å². The molecule has 4 rings (SSSR count). The molecule has 0 saturated heterocycles. The van der Waals surface area contributed by atoms with E-state index in [0.29, 0.717) is 30.4 Å². The number of benzene rings is 2. The zero-order chi connectivity index (χ0) is 26.5. The molecule has 1 aromatic heterocycles. The first-order valence-corrected chi connectivity index (χ1v) is 13.1. The Bertz CT molecular complexity index is 1260. The molecule has 10 heteroatoms. The number of hydrogen-bond donors (Lipinski definition) is 1. The molecule has 2 aromatic carbocycles. The Labute approximate surface area is 221 Å². The second-order valence-corrected chi connectivity index (χ2v) is 10.1. The van der Waals surface area contributed by atoms with E-state index in [-0.39, 0.29) is 29.4 Å². The van der Waals surface area contributed by atoms with Crippen LogP contribution in [0.3, 0.4) is 0 Å². The molecule has 9 nitrogen and oxygen atoms in total. The Kier molecular flexibility index (Phi) is 8.40. The first-order chi connectivity index (χ1) is 17.8. The van der Waals surface area contributed by atoms with Gasteiger partial charge in [0.2, 0.25) is 11.8 Å². The monoisotopic (exact) mass is 523 g/mol. The molecule has 196 valence electrons. The Morgan fingerprint density at radius 1 is 1.14 bits per heavy atom. The minimum absolute atomic E-state index is 0.0771. The van der Waals surface area contributed by atoms with E-state index in [1.807, 2.05) is 74.6 Å². The molecule has 1 atom stereocenters. The zero-order valence-electron chi connectivity index (χ0n) is 21.9. The van der Waals surface area contributed by atoms with Crippen LogP contribution < -0.4 is 19.7 Å². The summed E-state index contributed by atoms with van der Waals surface area (Å²) in [5.41, 5.74) is 3.56. The van der Waals surface area contributed by atoms with Crippen LogP contribution in [0.2, 0.25) is 0 Å². The van der Waals surface area contributed by atoms with Gasteiger partial charge in [-0.3, -0.25) is 19.2 Å². The van der Waals surface area contributed by atoms with Crippen LogP contribution in [0.4, 0.5) is 5.82 Å². The normalized spacial score (nSPS) is 15.4. The molecule has 1 aliphatic heterocycles. The van der Waals surface area contributed by atoms with Crippen molar-refractivity contribution in [2.45, 2.75) is 5.25 Å². The highest BCUT2D eigenvalue weighted by atomic mass is 32.2. The summed E-state index contributed by atoms with van der Waals surface area (Å²) >= 11 is 1.52. The third-order valence-corrected chi connectivity index (χ3v) is 7.44. The van der Waals surface area contributed by atoms with E-state index < -0.39 is 0 Å². The average Bonchev–Trinajstić information content (AvgIpc) is 3.16. The average molecular weight is 524 g/mol. The maximum Gasteiger partial charge on any atom is 0.240 e. The number of aryl methyl sites for hydroxylation is 1. The van der Waals surface area contributed by atoms with Gasteiger partial charge in [-0.1, -0.05) is 36.4 Å². The number of aromatic nitrogens is 2. The first kappa shape index (κ1) is 26.6. The maximum atomic E-state index is 13.4. The number of thioether (sulfide) groups is 1. The van der Waals surface area contributed by atoms with Crippen LogP contribution >= 0.6 is 11.8 Å². The number of carbonyl (C=O) groups excluding carboxylic acids is 2. The van der Waals surface area contributed by atoms with Gasteiger partial charge in [0, 0.05) is 31.3 Å². The van der Waals surface area contributed by atoms with Gasteiger partial charge in [0.15, 0.2) is 11.5 Å². The molecule has 3 aromatic rings. The number of hydrogen-bond acceptors (Lipinski definition) is 7. The minimum atomic E-state index is -0.218. The van der Waals surface area contributed by atoms with E-state index >= 15 is 0 Å². The van der Waals surface area contributed by atoms with Gasteiger partial charge < -0.3 is 19.7 Å². The SMILES string of the molecule is COc1ccc(C2SCC(=O)N(CC(=O)NCCN(C)C)c3c2c(-c2ccccc2)nn3C)cc1OC. The molecule has 1 N–H and O–H groups in total. The molecular formula is C27H33N5O4S. The second-order valence-electron chi connectivity index (χ2n) is 9.01. The van der Waals surface area contributed by atoms with E-state index in [1.165, 1.54) is 11.8 Å². The van der Waals surface area contributed by atoms with Crippen molar-refractivity contribution in [3.05, 3.63) is 59.7 Å². The molecule has 0 saturated carbocycles. The van der Waals surface area contributed by atoms with Crippen molar-refractivity contribution in [3.8, 4) is 22.8 Å². The topological polar surface area (TPSA) is 88.9 Å². The van der Waals surface area contributed by atoms with Crippen LogP contribution in [0.5, 0.6) is 11.5 Å². The van der Waals surface area contributed by atoms with Crippen molar-refractivity contribution < 1.29 is 19.1 Å². The molecule has 2 amide bonds. The standard InChI is InChI=1S/C27H33N5O4S/c1-30(2)14-13-28-22(33)16-32-23(34)17-37-26(19-11-12-20(35-4)21(15-19)36-5)24-25(29-31(3)27(24)32)18-9-7-6-8-10-18/h6-12,15,26H,13-14,16-17H2,1-5H3,(H,28,33). The van der Waals surface area contributed by atoms with E-state index in [2.05, 4.69) is 5.32 Å². The second kappa shape index (κ2) is 11.7. The van der Waals surface area contributed by atoms with E-state index in [4.69, 9.17) is 14.6 Å². The zero-order valence-corrected chi connectivity index (χ0v) is 22.7. The summed E-state index contributed by atoms with van der Waals surface area (Å²) < 4.78 is 12.7.